The molecule has 2 unspecified atom stereocenters. The molecule has 0 aromatic carbocycles. The SMILES string of the molecule is CNCCCC(CC(=O)NC(CCCNC)CC(C)=O)NC. The highest BCUT2D eigenvalue weighted by atomic mass is 16.2. The van der Waals surface area contributed by atoms with Gasteiger partial charge in [-0.15, -0.1) is 0 Å². The average molecular weight is 314 g/mol. The first-order chi connectivity index (χ1) is 10.5. The maximum absolute atomic E-state index is 12.2. The van der Waals surface area contributed by atoms with Crippen molar-refractivity contribution in [3.05, 3.63) is 0 Å². The van der Waals surface area contributed by atoms with Gasteiger partial charge in [-0.25, -0.2) is 0 Å². The lowest BCUT2D eigenvalue weighted by Gasteiger charge is -2.20. The van der Waals surface area contributed by atoms with Crippen molar-refractivity contribution in [2.75, 3.05) is 34.2 Å². The second-order valence-corrected chi connectivity index (χ2v) is 5.85. The van der Waals surface area contributed by atoms with E-state index in [-0.39, 0.29) is 23.8 Å². The Balaban J connectivity index is 4.24. The third-order valence-corrected chi connectivity index (χ3v) is 3.70. The van der Waals surface area contributed by atoms with Crippen LogP contribution in [-0.2, 0) is 9.59 Å². The molecule has 0 saturated heterocycles. The lowest BCUT2D eigenvalue weighted by molar-refractivity contribution is -0.123. The highest BCUT2D eigenvalue weighted by Crippen LogP contribution is 2.06. The van der Waals surface area contributed by atoms with Crippen LogP contribution < -0.4 is 21.3 Å². The molecule has 0 aromatic rings. The third kappa shape index (κ3) is 11.7. The van der Waals surface area contributed by atoms with Crippen molar-refractivity contribution >= 4 is 11.7 Å². The molecule has 0 aromatic heterocycles. The molecule has 0 saturated carbocycles. The van der Waals surface area contributed by atoms with Gasteiger partial charge in [0.1, 0.15) is 5.78 Å². The van der Waals surface area contributed by atoms with Crippen LogP contribution in [0.5, 0.6) is 0 Å². The number of Topliss-reactive ketones (excluding diaryl/α,β-unsaturated/α-hetero) is 1. The van der Waals surface area contributed by atoms with Gasteiger partial charge in [0.2, 0.25) is 5.91 Å². The van der Waals surface area contributed by atoms with E-state index in [0.717, 1.165) is 38.8 Å². The third-order valence-electron chi connectivity index (χ3n) is 3.70. The maximum atomic E-state index is 12.2. The number of rotatable bonds is 14. The minimum absolute atomic E-state index is 0.0273. The zero-order chi connectivity index (χ0) is 16.8. The highest BCUT2D eigenvalue weighted by Gasteiger charge is 2.17. The molecule has 0 aliphatic rings. The molecule has 0 rings (SSSR count). The Kier molecular flexibility index (Phi) is 13.1. The van der Waals surface area contributed by atoms with Crippen LogP contribution in [0.1, 0.15) is 45.4 Å². The van der Waals surface area contributed by atoms with Gasteiger partial charge in [-0.1, -0.05) is 0 Å². The Morgan fingerprint density at radius 1 is 0.864 bits per heavy atom. The fourth-order valence-electron chi connectivity index (χ4n) is 2.48. The van der Waals surface area contributed by atoms with Crippen molar-refractivity contribution in [3.8, 4) is 0 Å². The van der Waals surface area contributed by atoms with E-state index < -0.39 is 0 Å². The van der Waals surface area contributed by atoms with Crippen molar-refractivity contribution in [2.45, 2.75) is 57.5 Å². The zero-order valence-corrected chi connectivity index (χ0v) is 14.6. The summed E-state index contributed by atoms with van der Waals surface area (Å²) in [5.41, 5.74) is 0. The summed E-state index contributed by atoms with van der Waals surface area (Å²) >= 11 is 0. The number of hydrogen-bond donors (Lipinski definition) is 4. The Hall–Kier alpha value is -0.980. The van der Waals surface area contributed by atoms with E-state index in [1.807, 2.05) is 21.1 Å². The number of carbonyl (C=O) groups is 2. The number of hydrogen-bond acceptors (Lipinski definition) is 5. The van der Waals surface area contributed by atoms with Gasteiger partial charge in [0, 0.05) is 24.9 Å². The molecular formula is C16H34N4O2. The van der Waals surface area contributed by atoms with Crippen molar-refractivity contribution in [2.24, 2.45) is 0 Å². The van der Waals surface area contributed by atoms with Gasteiger partial charge < -0.3 is 21.3 Å². The summed E-state index contributed by atoms with van der Waals surface area (Å²) in [6, 6.07) is 0.136. The van der Waals surface area contributed by atoms with Gasteiger partial charge in [-0.2, -0.15) is 0 Å². The van der Waals surface area contributed by atoms with Crippen molar-refractivity contribution in [3.63, 3.8) is 0 Å². The monoisotopic (exact) mass is 314 g/mol. The van der Waals surface area contributed by atoms with Crippen LogP contribution in [0.4, 0.5) is 0 Å². The molecule has 0 heterocycles. The van der Waals surface area contributed by atoms with Gasteiger partial charge in [-0.05, 0) is 66.8 Å². The molecule has 2 atom stereocenters. The lowest BCUT2D eigenvalue weighted by Crippen LogP contribution is -2.40. The number of carbonyl (C=O) groups excluding carboxylic acids is 2. The molecule has 6 nitrogen and oxygen atoms in total. The van der Waals surface area contributed by atoms with Gasteiger partial charge >= 0.3 is 0 Å². The predicted octanol–water partition coefficient (Wildman–Crippen LogP) is 0.428. The average Bonchev–Trinajstić information content (AvgIpc) is 2.45. The molecule has 0 aliphatic heterocycles. The molecular weight excluding hydrogens is 280 g/mol. The van der Waals surface area contributed by atoms with Gasteiger partial charge in [0.15, 0.2) is 0 Å². The largest absolute Gasteiger partial charge is 0.353 e. The van der Waals surface area contributed by atoms with Crippen molar-refractivity contribution < 1.29 is 9.59 Å². The van der Waals surface area contributed by atoms with Gasteiger partial charge in [0.05, 0.1) is 0 Å². The van der Waals surface area contributed by atoms with Crippen molar-refractivity contribution in [1.29, 1.82) is 0 Å². The number of nitrogens with one attached hydrogen (secondary N) is 4. The van der Waals surface area contributed by atoms with Crippen LogP contribution in [0.3, 0.4) is 0 Å². The minimum atomic E-state index is -0.0480. The lowest BCUT2D eigenvalue weighted by atomic mass is 10.0. The predicted molar refractivity (Wildman–Crippen MR) is 91.0 cm³/mol. The molecule has 130 valence electrons. The molecule has 0 radical (unpaired) electrons. The molecule has 4 N–H and O–H groups in total. The molecule has 0 aliphatic carbocycles. The van der Waals surface area contributed by atoms with E-state index in [4.69, 9.17) is 0 Å². The summed E-state index contributed by atoms with van der Waals surface area (Å²) in [4.78, 5) is 23.5. The summed E-state index contributed by atoms with van der Waals surface area (Å²) in [5, 5.41) is 12.4. The molecule has 0 spiro atoms. The van der Waals surface area contributed by atoms with Crippen LogP contribution >= 0.6 is 0 Å². The van der Waals surface area contributed by atoms with Gasteiger partial charge in [-0.3, -0.25) is 9.59 Å². The first-order valence-electron chi connectivity index (χ1n) is 8.28. The summed E-state index contributed by atoms with van der Waals surface area (Å²) in [5.74, 6) is 0.147. The quantitative estimate of drug-likeness (QED) is 0.350. The van der Waals surface area contributed by atoms with Crippen LogP contribution in [-0.4, -0.2) is 58.0 Å². The Morgan fingerprint density at radius 2 is 1.41 bits per heavy atom. The van der Waals surface area contributed by atoms with Crippen LogP contribution in [0.2, 0.25) is 0 Å². The fraction of sp³-hybridized carbons (Fsp3) is 0.875. The van der Waals surface area contributed by atoms with E-state index >= 15 is 0 Å². The summed E-state index contributed by atoms with van der Waals surface area (Å²) in [6.07, 6.45) is 4.65. The van der Waals surface area contributed by atoms with E-state index in [2.05, 4.69) is 21.3 Å². The fourth-order valence-corrected chi connectivity index (χ4v) is 2.48. The summed E-state index contributed by atoms with van der Waals surface area (Å²) in [7, 11) is 5.72. The van der Waals surface area contributed by atoms with Crippen LogP contribution in [0, 0.1) is 0 Å². The summed E-state index contributed by atoms with van der Waals surface area (Å²) < 4.78 is 0. The molecule has 0 fully saturated rings. The van der Waals surface area contributed by atoms with E-state index in [1.54, 1.807) is 6.92 Å². The van der Waals surface area contributed by atoms with E-state index in [0.29, 0.717) is 12.8 Å². The smallest absolute Gasteiger partial charge is 0.221 e. The normalized spacial score (nSPS) is 13.6. The number of ketones is 1. The Bertz CT molecular complexity index is 311. The second-order valence-electron chi connectivity index (χ2n) is 5.85. The number of amides is 1. The topological polar surface area (TPSA) is 82.3 Å². The standard InChI is InChI=1S/C16H34N4O2/c1-13(21)11-15(8-6-10-18-3)20-16(22)12-14(19-4)7-5-9-17-2/h14-15,17-19H,5-12H2,1-4H3,(H,20,22). The maximum Gasteiger partial charge on any atom is 0.221 e. The molecule has 22 heavy (non-hydrogen) atoms. The van der Waals surface area contributed by atoms with Gasteiger partial charge in [0.25, 0.3) is 0 Å². The Morgan fingerprint density at radius 3 is 1.86 bits per heavy atom. The molecule has 6 heteroatoms. The van der Waals surface area contributed by atoms with E-state index in [1.165, 1.54) is 0 Å². The first-order valence-corrected chi connectivity index (χ1v) is 8.28. The molecule has 1 amide bonds. The van der Waals surface area contributed by atoms with Crippen molar-refractivity contribution in [1.82, 2.24) is 21.3 Å². The Labute approximate surface area is 135 Å². The second kappa shape index (κ2) is 13.7. The van der Waals surface area contributed by atoms with Crippen LogP contribution in [0.25, 0.3) is 0 Å². The highest BCUT2D eigenvalue weighted by molar-refractivity contribution is 5.79. The zero-order valence-electron chi connectivity index (χ0n) is 14.6. The minimum Gasteiger partial charge on any atom is -0.353 e. The van der Waals surface area contributed by atoms with E-state index in [9.17, 15) is 9.59 Å². The van der Waals surface area contributed by atoms with Crippen LogP contribution in [0.15, 0.2) is 0 Å². The molecule has 0 bridgehead atoms. The summed E-state index contributed by atoms with van der Waals surface area (Å²) in [6.45, 7) is 3.43. The first kappa shape index (κ1) is 21.0.